The van der Waals surface area contributed by atoms with E-state index < -0.39 is 0 Å². The van der Waals surface area contributed by atoms with Crippen molar-refractivity contribution in [3.05, 3.63) is 47.6 Å². The summed E-state index contributed by atoms with van der Waals surface area (Å²) in [7, 11) is 0. The lowest BCUT2D eigenvalue weighted by Crippen LogP contribution is -2.30. The fourth-order valence-corrected chi connectivity index (χ4v) is 1.71. The molecular formula is C18H29NO. The SMILES string of the molecule is C=CCN(CC=C(C)CCC=C(C)C)C(=O)C=C(C)C. The normalized spacial score (nSPS) is 10.8. The first kappa shape index (κ1) is 18.4. The van der Waals surface area contributed by atoms with Crippen molar-refractivity contribution in [1.29, 1.82) is 0 Å². The average Bonchev–Trinajstić information content (AvgIpc) is 2.32. The fourth-order valence-electron chi connectivity index (χ4n) is 1.71. The van der Waals surface area contributed by atoms with Gasteiger partial charge in [0, 0.05) is 19.2 Å². The molecule has 20 heavy (non-hydrogen) atoms. The first-order valence-corrected chi connectivity index (χ1v) is 7.20. The number of amides is 1. The van der Waals surface area contributed by atoms with E-state index in [0.717, 1.165) is 18.4 Å². The van der Waals surface area contributed by atoms with Crippen LogP contribution < -0.4 is 0 Å². The number of carbonyl (C=O) groups is 1. The first-order chi connectivity index (χ1) is 9.36. The zero-order valence-electron chi connectivity index (χ0n) is 13.7. The Balaban J connectivity index is 4.52. The van der Waals surface area contributed by atoms with Gasteiger partial charge in [0.2, 0.25) is 5.91 Å². The second-order valence-corrected chi connectivity index (χ2v) is 5.62. The Morgan fingerprint density at radius 3 is 2.15 bits per heavy atom. The molecule has 0 rings (SSSR count). The summed E-state index contributed by atoms with van der Waals surface area (Å²) in [5.74, 6) is 0.0539. The summed E-state index contributed by atoms with van der Waals surface area (Å²) in [6.45, 7) is 15.2. The molecule has 112 valence electrons. The van der Waals surface area contributed by atoms with E-state index in [0.29, 0.717) is 13.1 Å². The molecule has 0 saturated carbocycles. The lowest BCUT2D eigenvalue weighted by molar-refractivity contribution is -0.125. The number of allylic oxidation sites excluding steroid dienone is 4. The van der Waals surface area contributed by atoms with Gasteiger partial charge in [0.1, 0.15) is 0 Å². The molecule has 0 aromatic rings. The zero-order valence-corrected chi connectivity index (χ0v) is 13.7. The van der Waals surface area contributed by atoms with Crippen molar-refractivity contribution in [2.45, 2.75) is 47.5 Å². The molecule has 0 radical (unpaired) electrons. The summed E-state index contributed by atoms with van der Waals surface area (Å²) >= 11 is 0. The third kappa shape index (κ3) is 9.37. The smallest absolute Gasteiger partial charge is 0.247 e. The lowest BCUT2D eigenvalue weighted by atomic mass is 10.1. The molecule has 0 aromatic heterocycles. The molecule has 0 aliphatic heterocycles. The van der Waals surface area contributed by atoms with Crippen LogP contribution in [0.15, 0.2) is 47.6 Å². The number of hydrogen-bond donors (Lipinski definition) is 0. The minimum Gasteiger partial charge on any atom is -0.332 e. The van der Waals surface area contributed by atoms with Gasteiger partial charge >= 0.3 is 0 Å². The van der Waals surface area contributed by atoms with Crippen LogP contribution >= 0.6 is 0 Å². The van der Waals surface area contributed by atoms with Crippen molar-refractivity contribution >= 4 is 5.91 Å². The van der Waals surface area contributed by atoms with Crippen LogP contribution in [0.3, 0.4) is 0 Å². The summed E-state index contributed by atoms with van der Waals surface area (Å²) in [6, 6.07) is 0. The summed E-state index contributed by atoms with van der Waals surface area (Å²) in [5.41, 5.74) is 3.69. The topological polar surface area (TPSA) is 20.3 Å². The van der Waals surface area contributed by atoms with Crippen LogP contribution in [0, 0.1) is 0 Å². The highest BCUT2D eigenvalue weighted by molar-refractivity contribution is 5.88. The van der Waals surface area contributed by atoms with Crippen molar-refractivity contribution < 1.29 is 4.79 Å². The van der Waals surface area contributed by atoms with E-state index in [1.807, 2.05) is 13.8 Å². The van der Waals surface area contributed by atoms with Crippen molar-refractivity contribution in [2.24, 2.45) is 0 Å². The van der Waals surface area contributed by atoms with Gasteiger partial charge in [0.15, 0.2) is 0 Å². The molecule has 0 aromatic carbocycles. The Kier molecular flexibility index (Phi) is 9.44. The van der Waals surface area contributed by atoms with E-state index in [1.54, 1.807) is 17.1 Å². The Morgan fingerprint density at radius 1 is 1.00 bits per heavy atom. The Morgan fingerprint density at radius 2 is 1.65 bits per heavy atom. The van der Waals surface area contributed by atoms with Crippen LogP contribution in [0.25, 0.3) is 0 Å². The van der Waals surface area contributed by atoms with Crippen molar-refractivity contribution in [1.82, 2.24) is 4.90 Å². The maximum Gasteiger partial charge on any atom is 0.247 e. The Labute approximate surface area is 124 Å². The second kappa shape index (κ2) is 10.2. The minimum atomic E-state index is 0.0539. The predicted octanol–water partition coefficient (Wildman–Crippen LogP) is 4.66. The van der Waals surface area contributed by atoms with E-state index in [4.69, 9.17) is 0 Å². The van der Waals surface area contributed by atoms with Crippen LogP contribution in [0.1, 0.15) is 47.5 Å². The van der Waals surface area contributed by atoms with Crippen molar-refractivity contribution in [3.8, 4) is 0 Å². The van der Waals surface area contributed by atoms with E-state index >= 15 is 0 Å². The van der Waals surface area contributed by atoms with Crippen LogP contribution in [-0.4, -0.2) is 23.9 Å². The highest BCUT2D eigenvalue weighted by Crippen LogP contribution is 2.07. The maximum atomic E-state index is 12.0. The predicted molar refractivity (Wildman–Crippen MR) is 88.6 cm³/mol. The van der Waals surface area contributed by atoms with E-state index in [-0.39, 0.29) is 5.91 Å². The lowest BCUT2D eigenvalue weighted by Gasteiger charge is -2.18. The Hall–Kier alpha value is -1.57. The summed E-state index contributed by atoms with van der Waals surface area (Å²) in [6.07, 6.45) is 9.93. The Bertz CT molecular complexity index is 405. The van der Waals surface area contributed by atoms with Crippen molar-refractivity contribution in [3.63, 3.8) is 0 Å². The summed E-state index contributed by atoms with van der Waals surface area (Å²) in [4.78, 5) is 13.8. The number of nitrogens with zero attached hydrogens (tertiary/aromatic N) is 1. The molecule has 0 aliphatic carbocycles. The molecule has 2 heteroatoms. The highest BCUT2D eigenvalue weighted by atomic mass is 16.2. The monoisotopic (exact) mass is 275 g/mol. The fraction of sp³-hybridized carbons (Fsp3) is 0.500. The van der Waals surface area contributed by atoms with E-state index in [1.165, 1.54) is 11.1 Å². The molecule has 0 fully saturated rings. The average molecular weight is 275 g/mol. The van der Waals surface area contributed by atoms with Gasteiger partial charge in [0.25, 0.3) is 0 Å². The summed E-state index contributed by atoms with van der Waals surface area (Å²) < 4.78 is 0. The van der Waals surface area contributed by atoms with E-state index in [2.05, 4.69) is 39.5 Å². The quantitative estimate of drug-likeness (QED) is 0.466. The third-order valence-corrected chi connectivity index (χ3v) is 2.82. The number of hydrogen-bond acceptors (Lipinski definition) is 1. The number of carbonyl (C=O) groups excluding carboxylic acids is 1. The molecule has 0 bridgehead atoms. The molecule has 0 spiro atoms. The molecule has 2 nitrogen and oxygen atoms in total. The van der Waals surface area contributed by atoms with Crippen LogP contribution in [0.4, 0.5) is 0 Å². The second-order valence-electron chi connectivity index (χ2n) is 5.62. The molecule has 1 amide bonds. The maximum absolute atomic E-state index is 12.0. The minimum absolute atomic E-state index is 0.0539. The van der Waals surface area contributed by atoms with Gasteiger partial charge in [-0.25, -0.2) is 0 Å². The molecule has 0 aliphatic rings. The van der Waals surface area contributed by atoms with Gasteiger partial charge in [0.05, 0.1) is 0 Å². The van der Waals surface area contributed by atoms with Gasteiger partial charge in [-0.2, -0.15) is 0 Å². The highest BCUT2D eigenvalue weighted by Gasteiger charge is 2.07. The molecule has 0 N–H and O–H groups in total. The zero-order chi connectivity index (χ0) is 15.5. The largest absolute Gasteiger partial charge is 0.332 e. The van der Waals surface area contributed by atoms with Gasteiger partial charge in [-0.1, -0.05) is 34.9 Å². The van der Waals surface area contributed by atoms with Crippen LogP contribution in [0.5, 0.6) is 0 Å². The molecular weight excluding hydrogens is 246 g/mol. The van der Waals surface area contributed by atoms with E-state index in [9.17, 15) is 4.79 Å². The van der Waals surface area contributed by atoms with Crippen LogP contribution in [0.2, 0.25) is 0 Å². The first-order valence-electron chi connectivity index (χ1n) is 7.20. The van der Waals surface area contributed by atoms with Crippen molar-refractivity contribution in [2.75, 3.05) is 13.1 Å². The van der Waals surface area contributed by atoms with Crippen LogP contribution in [-0.2, 0) is 4.79 Å². The standard InChI is InChI=1S/C18H29NO/c1-7-12-19(18(20)14-16(4)5)13-11-17(6)10-8-9-15(2)3/h7,9,11,14H,1,8,10,12-13H2,2-6H3. The molecule has 0 unspecified atom stereocenters. The van der Waals surface area contributed by atoms with Gasteiger partial charge in [-0.05, 0) is 47.5 Å². The molecule has 0 saturated heterocycles. The van der Waals surface area contributed by atoms with Gasteiger partial charge in [-0.15, -0.1) is 6.58 Å². The van der Waals surface area contributed by atoms with Gasteiger partial charge < -0.3 is 4.90 Å². The molecule has 0 heterocycles. The number of rotatable bonds is 8. The summed E-state index contributed by atoms with van der Waals surface area (Å²) in [5, 5.41) is 0. The van der Waals surface area contributed by atoms with Gasteiger partial charge in [-0.3, -0.25) is 4.79 Å². The molecule has 0 atom stereocenters. The third-order valence-electron chi connectivity index (χ3n) is 2.82.